The van der Waals surface area contributed by atoms with Crippen LogP contribution in [0.25, 0.3) is 0 Å². The average Bonchev–Trinajstić information content (AvgIpc) is 2.84. The molecule has 0 spiro atoms. The number of carboxylic acids is 1. The molecule has 4 nitrogen and oxygen atoms in total. The van der Waals surface area contributed by atoms with Gasteiger partial charge in [0.2, 0.25) is 0 Å². The van der Waals surface area contributed by atoms with Gasteiger partial charge in [-0.25, -0.2) is 0 Å². The molecule has 0 aliphatic carbocycles. The van der Waals surface area contributed by atoms with Gasteiger partial charge in [-0.15, -0.1) is 0 Å². The number of carbonyl (C=O) groups excluding carboxylic acids is 1. The molecule has 1 aliphatic heterocycles. The minimum Gasteiger partial charge on any atom is -0.548 e. The third-order valence-corrected chi connectivity index (χ3v) is 3.53. The quantitative estimate of drug-likeness (QED) is 0.847. The summed E-state index contributed by atoms with van der Waals surface area (Å²) in [6.07, 6.45) is -4.32. The number of alkyl halides is 3. The van der Waals surface area contributed by atoms with Crippen LogP contribution < -0.4 is 10.0 Å². The van der Waals surface area contributed by atoms with Gasteiger partial charge in [0.15, 0.2) is 0 Å². The van der Waals surface area contributed by atoms with Crippen LogP contribution in [-0.2, 0) is 15.7 Å². The normalized spacial score (nSPS) is 19.0. The van der Waals surface area contributed by atoms with E-state index in [4.69, 9.17) is 16.3 Å². The van der Waals surface area contributed by atoms with Gasteiger partial charge < -0.3 is 19.5 Å². The van der Waals surface area contributed by atoms with Crippen molar-refractivity contribution in [2.24, 2.45) is 0 Å². The molecule has 1 aromatic carbocycles. The number of rotatable bonds is 4. The van der Waals surface area contributed by atoms with Gasteiger partial charge in [-0.2, -0.15) is 13.2 Å². The second kappa shape index (κ2) is 6.11. The Morgan fingerprint density at radius 2 is 2.19 bits per heavy atom. The SMILES string of the molecule is O=C([O-])COC1CCN(c2ccc(Cl)c(C(F)(F)F)c2)C1. The first kappa shape index (κ1) is 15.9. The predicted molar refractivity (Wildman–Crippen MR) is 68.0 cm³/mol. The van der Waals surface area contributed by atoms with Crippen LogP contribution in [0.3, 0.4) is 0 Å². The number of aliphatic carboxylic acids is 1. The first-order valence-corrected chi connectivity index (χ1v) is 6.58. The molecule has 0 radical (unpaired) electrons. The molecule has 2 rings (SSSR count). The number of ether oxygens (including phenoxy) is 1. The number of halogens is 4. The van der Waals surface area contributed by atoms with Crippen molar-refractivity contribution in [3.63, 3.8) is 0 Å². The number of carboxylic acid groups (broad SMARTS) is 1. The Morgan fingerprint density at radius 1 is 1.48 bits per heavy atom. The van der Waals surface area contributed by atoms with Crippen molar-refractivity contribution in [3.8, 4) is 0 Å². The van der Waals surface area contributed by atoms with Crippen LogP contribution in [0.1, 0.15) is 12.0 Å². The highest BCUT2D eigenvalue weighted by Crippen LogP contribution is 2.37. The Kier molecular flexibility index (Phi) is 4.63. The van der Waals surface area contributed by atoms with Crippen molar-refractivity contribution in [2.45, 2.75) is 18.7 Å². The van der Waals surface area contributed by atoms with Crippen LogP contribution in [0.5, 0.6) is 0 Å². The third kappa shape index (κ3) is 4.01. The van der Waals surface area contributed by atoms with E-state index in [0.717, 1.165) is 6.07 Å². The third-order valence-electron chi connectivity index (χ3n) is 3.20. The molecule has 0 N–H and O–H groups in total. The number of carbonyl (C=O) groups is 1. The van der Waals surface area contributed by atoms with E-state index in [2.05, 4.69) is 0 Å². The molecular formula is C13H12ClF3NO3-. The summed E-state index contributed by atoms with van der Waals surface area (Å²) in [4.78, 5) is 12.0. The van der Waals surface area contributed by atoms with E-state index in [0.29, 0.717) is 25.2 Å². The van der Waals surface area contributed by atoms with Crippen molar-refractivity contribution in [1.29, 1.82) is 0 Å². The molecule has 116 valence electrons. The summed E-state index contributed by atoms with van der Waals surface area (Å²) in [5.74, 6) is -1.32. The minimum atomic E-state index is -4.52. The lowest BCUT2D eigenvalue weighted by molar-refractivity contribution is -0.310. The molecule has 1 atom stereocenters. The molecule has 1 saturated heterocycles. The average molecular weight is 323 g/mol. The first-order valence-electron chi connectivity index (χ1n) is 6.20. The summed E-state index contributed by atoms with van der Waals surface area (Å²) < 4.78 is 43.5. The van der Waals surface area contributed by atoms with E-state index in [1.54, 1.807) is 4.90 Å². The molecular weight excluding hydrogens is 311 g/mol. The largest absolute Gasteiger partial charge is 0.548 e. The second-order valence-electron chi connectivity index (χ2n) is 4.70. The van der Waals surface area contributed by atoms with Crippen molar-refractivity contribution >= 4 is 23.3 Å². The van der Waals surface area contributed by atoms with Crippen LogP contribution in [0, 0.1) is 0 Å². The highest BCUT2D eigenvalue weighted by atomic mass is 35.5. The van der Waals surface area contributed by atoms with Crippen molar-refractivity contribution < 1.29 is 27.8 Å². The van der Waals surface area contributed by atoms with Gasteiger partial charge in [-0.3, -0.25) is 0 Å². The molecule has 1 heterocycles. The zero-order valence-corrected chi connectivity index (χ0v) is 11.6. The van der Waals surface area contributed by atoms with Crippen molar-refractivity contribution in [2.75, 3.05) is 24.6 Å². The van der Waals surface area contributed by atoms with Gasteiger partial charge >= 0.3 is 6.18 Å². The fourth-order valence-electron chi connectivity index (χ4n) is 2.21. The number of anilines is 1. The maximum absolute atomic E-state index is 12.8. The van der Waals surface area contributed by atoms with Crippen LogP contribution in [-0.4, -0.2) is 31.8 Å². The van der Waals surface area contributed by atoms with Crippen LogP contribution >= 0.6 is 11.6 Å². The molecule has 0 saturated carbocycles. The summed E-state index contributed by atoms with van der Waals surface area (Å²) in [7, 11) is 0. The number of hydrogen-bond acceptors (Lipinski definition) is 4. The van der Waals surface area contributed by atoms with E-state index in [1.165, 1.54) is 12.1 Å². The summed E-state index contributed by atoms with van der Waals surface area (Å²) in [5, 5.41) is 9.96. The second-order valence-corrected chi connectivity index (χ2v) is 5.11. The van der Waals surface area contributed by atoms with Gasteiger partial charge in [0, 0.05) is 18.8 Å². The summed E-state index contributed by atoms with van der Waals surface area (Å²) in [6, 6.07) is 3.69. The summed E-state index contributed by atoms with van der Waals surface area (Å²) in [6.45, 7) is 0.287. The van der Waals surface area contributed by atoms with E-state index in [9.17, 15) is 23.1 Å². The highest BCUT2D eigenvalue weighted by molar-refractivity contribution is 6.31. The number of benzene rings is 1. The summed E-state index contributed by atoms with van der Waals surface area (Å²) >= 11 is 5.57. The topological polar surface area (TPSA) is 52.6 Å². The lowest BCUT2D eigenvalue weighted by atomic mass is 10.2. The van der Waals surface area contributed by atoms with Gasteiger partial charge in [0.05, 0.1) is 29.3 Å². The molecule has 1 fully saturated rings. The number of nitrogens with zero attached hydrogens (tertiary/aromatic N) is 1. The maximum Gasteiger partial charge on any atom is 0.417 e. The Bertz CT molecular complexity index is 536. The van der Waals surface area contributed by atoms with Crippen LogP contribution in [0.2, 0.25) is 5.02 Å². The molecule has 8 heteroatoms. The molecule has 0 amide bonds. The lowest BCUT2D eigenvalue weighted by Crippen LogP contribution is -2.31. The molecule has 0 aromatic heterocycles. The van der Waals surface area contributed by atoms with Crippen LogP contribution in [0.4, 0.5) is 18.9 Å². The molecule has 21 heavy (non-hydrogen) atoms. The van der Waals surface area contributed by atoms with Crippen molar-refractivity contribution in [3.05, 3.63) is 28.8 Å². The van der Waals surface area contributed by atoms with Crippen molar-refractivity contribution in [1.82, 2.24) is 0 Å². The van der Waals surface area contributed by atoms with E-state index < -0.39 is 24.3 Å². The van der Waals surface area contributed by atoms with Gasteiger partial charge in [0.1, 0.15) is 0 Å². The molecule has 1 aliphatic rings. The van der Waals surface area contributed by atoms with Gasteiger partial charge in [0.25, 0.3) is 0 Å². The molecule has 1 aromatic rings. The fourth-order valence-corrected chi connectivity index (χ4v) is 2.44. The summed E-state index contributed by atoms with van der Waals surface area (Å²) in [5.41, 5.74) is -0.507. The Morgan fingerprint density at radius 3 is 2.81 bits per heavy atom. The predicted octanol–water partition coefficient (Wildman–Crippen LogP) is 1.70. The smallest absolute Gasteiger partial charge is 0.417 e. The lowest BCUT2D eigenvalue weighted by Gasteiger charge is -2.20. The standard InChI is InChI=1S/C13H13ClF3NO3/c14-11-2-1-8(5-10(11)13(15,16)17)18-4-3-9(6-18)21-7-12(19)20/h1-2,5,9H,3-4,6-7H2,(H,19,20)/p-1. The Labute approximate surface area is 124 Å². The maximum atomic E-state index is 12.8. The van der Waals surface area contributed by atoms with Gasteiger partial charge in [-0.05, 0) is 24.6 Å². The number of hydrogen-bond donors (Lipinski definition) is 0. The Hall–Kier alpha value is -1.47. The van der Waals surface area contributed by atoms with Crippen LogP contribution in [0.15, 0.2) is 18.2 Å². The molecule has 0 bridgehead atoms. The zero-order valence-electron chi connectivity index (χ0n) is 10.8. The Balaban J connectivity index is 2.08. The highest BCUT2D eigenvalue weighted by Gasteiger charge is 2.34. The van der Waals surface area contributed by atoms with E-state index in [1.807, 2.05) is 0 Å². The fraction of sp³-hybridized carbons (Fsp3) is 0.462. The van der Waals surface area contributed by atoms with E-state index in [-0.39, 0.29) is 11.1 Å². The van der Waals surface area contributed by atoms with E-state index >= 15 is 0 Å². The first-order chi connectivity index (χ1) is 9.77. The zero-order chi connectivity index (χ0) is 15.6. The molecule has 1 unspecified atom stereocenters. The van der Waals surface area contributed by atoms with Gasteiger partial charge in [-0.1, -0.05) is 11.6 Å². The minimum absolute atomic E-state index is 0.326. The monoisotopic (exact) mass is 322 g/mol.